The van der Waals surface area contributed by atoms with Crippen LogP contribution in [0.25, 0.3) is 0 Å². The summed E-state index contributed by atoms with van der Waals surface area (Å²) in [7, 11) is 3.10. The number of aryl methyl sites for hydroxylation is 1. The van der Waals surface area contributed by atoms with E-state index < -0.39 is 0 Å². The number of carbonyl (C=O) groups excluding carboxylic acids is 1. The van der Waals surface area contributed by atoms with Crippen LogP contribution in [0.1, 0.15) is 29.9 Å². The number of hydrogen-bond donors (Lipinski definition) is 1. The van der Waals surface area contributed by atoms with Crippen LogP contribution in [0, 0.1) is 5.92 Å². The predicted molar refractivity (Wildman–Crippen MR) is 106 cm³/mol. The minimum atomic E-state index is -0.361. The van der Waals surface area contributed by atoms with Gasteiger partial charge in [0.15, 0.2) is 0 Å². The Labute approximate surface area is 163 Å². The lowest BCUT2D eigenvalue weighted by molar-refractivity contribution is -0.135. The number of rotatable bonds is 5. The minimum Gasteiger partial charge on any atom is -0.334 e. The van der Waals surface area contributed by atoms with Gasteiger partial charge in [-0.15, -0.1) is 0 Å². The molecule has 2 aromatic rings. The first-order valence-corrected chi connectivity index (χ1v) is 9.79. The molecule has 148 valence electrons. The first-order valence-electron chi connectivity index (χ1n) is 9.79. The summed E-state index contributed by atoms with van der Waals surface area (Å²) in [4.78, 5) is 39.8. The highest BCUT2D eigenvalue weighted by Crippen LogP contribution is 2.48. The third-order valence-corrected chi connectivity index (χ3v) is 5.95. The largest absolute Gasteiger partial charge is 0.334 e. The van der Waals surface area contributed by atoms with Gasteiger partial charge in [0, 0.05) is 38.8 Å². The summed E-state index contributed by atoms with van der Waals surface area (Å²) in [5.74, 6) is 0.339. The fraction of sp³-hybridized carbons (Fsp3) is 0.476. The summed E-state index contributed by atoms with van der Waals surface area (Å²) in [5, 5.41) is 3.31. The second-order valence-electron chi connectivity index (χ2n) is 7.88. The van der Waals surface area contributed by atoms with E-state index in [2.05, 4.69) is 17.4 Å². The highest BCUT2D eigenvalue weighted by Gasteiger charge is 2.47. The van der Waals surface area contributed by atoms with Crippen LogP contribution in [0.15, 0.2) is 46.1 Å². The molecule has 0 unspecified atom stereocenters. The van der Waals surface area contributed by atoms with Gasteiger partial charge in [-0.25, -0.2) is 4.79 Å². The van der Waals surface area contributed by atoms with Gasteiger partial charge >= 0.3 is 5.69 Å². The predicted octanol–water partition coefficient (Wildman–Crippen LogP) is 0.578. The molecule has 1 aromatic heterocycles. The molecule has 4 rings (SSSR count). The van der Waals surface area contributed by atoms with Crippen LogP contribution >= 0.6 is 0 Å². The third kappa shape index (κ3) is 3.42. The van der Waals surface area contributed by atoms with E-state index in [0.717, 1.165) is 30.5 Å². The maximum Gasteiger partial charge on any atom is 0.330 e. The lowest BCUT2D eigenvalue weighted by atomic mass is 10.1. The fourth-order valence-electron chi connectivity index (χ4n) is 4.22. The second kappa shape index (κ2) is 7.39. The van der Waals surface area contributed by atoms with Gasteiger partial charge in [-0.1, -0.05) is 30.3 Å². The zero-order chi connectivity index (χ0) is 19.8. The molecular formula is C21H26N4O3. The van der Waals surface area contributed by atoms with Crippen molar-refractivity contribution in [2.24, 2.45) is 20.0 Å². The van der Waals surface area contributed by atoms with Crippen LogP contribution in [0.4, 0.5) is 0 Å². The molecule has 1 saturated heterocycles. The van der Waals surface area contributed by atoms with Crippen LogP contribution in [-0.2, 0) is 25.4 Å². The molecule has 28 heavy (non-hydrogen) atoms. The number of nitrogens with zero attached hydrogens (tertiary/aromatic N) is 3. The zero-order valence-electron chi connectivity index (χ0n) is 16.3. The zero-order valence-corrected chi connectivity index (χ0v) is 16.3. The van der Waals surface area contributed by atoms with Gasteiger partial charge in [-0.05, 0) is 30.9 Å². The van der Waals surface area contributed by atoms with E-state index in [1.54, 1.807) is 13.2 Å². The minimum absolute atomic E-state index is 0.0283. The standard InChI is InChI=1S/C21H26N4O3/c1-23-12-15(19(26)24(2)21(23)28)13-25(16-8-9-22-11-16)20(27)18-10-17(18)14-6-4-3-5-7-14/h3-7,12,16-18,22H,8-11,13H2,1-2H3/t16-,17+,18+/m0/s1. The van der Waals surface area contributed by atoms with Crippen molar-refractivity contribution in [3.63, 3.8) is 0 Å². The highest BCUT2D eigenvalue weighted by molar-refractivity contribution is 5.83. The summed E-state index contributed by atoms with van der Waals surface area (Å²) in [6, 6.07) is 10.2. The number of benzene rings is 1. The molecule has 0 spiro atoms. The molecule has 0 bridgehead atoms. The second-order valence-corrected chi connectivity index (χ2v) is 7.88. The van der Waals surface area contributed by atoms with E-state index in [0.29, 0.717) is 5.56 Å². The Kier molecular flexibility index (Phi) is 4.93. The number of amides is 1. The molecule has 1 aliphatic carbocycles. The van der Waals surface area contributed by atoms with Crippen molar-refractivity contribution in [2.45, 2.75) is 31.3 Å². The average molecular weight is 382 g/mol. The highest BCUT2D eigenvalue weighted by atomic mass is 16.2. The summed E-state index contributed by atoms with van der Waals surface area (Å²) >= 11 is 0. The monoisotopic (exact) mass is 382 g/mol. The Morgan fingerprint density at radius 1 is 1.21 bits per heavy atom. The van der Waals surface area contributed by atoms with Crippen molar-refractivity contribution in [3.05, 3.63) is 68.5 Å². The van der Waals surface area contributed by atoms with Crippen molar-refractivity contribution in [1.82, 2.24) is 19.4 Å². The summed E-state index contributed by atoms with van der Waals surface area (Å²) in [6.07, 6.45) is 3.29. The topological polar surface area (TPSA) is 76.3 Å². The Hall–Kier alpha value is -2.67. The van der Waals surface area contributed by atoms with Crippen molar-refractivity contribution in [3.8, 4) is 0 Å². The van der Waals surface area contributed by atoms with E-state index in [4.69, 9.17) is 0 Å². The molecule has 7 nitrogen and oxygen atoms in total. The quantitative estimate of drug-likeness (QED) is 0.821. The first kappa shape index (κ1) is 18.7. The Balaban J connectivity index is 1.60. The van der Waals surface area contributed by atoms with E-state index in [1.165, 1.54) is 17.2 Å². The maximum atomic E-state index is 13.3. The van der Waals surface area contributed by atoms with Crippen LogP contribution in [0.2, 0.25) is 0 Å². The molecule has 2 fully saturated rings. The van der Waals surface area contributed by atoms with Crippen LogP contribution in [0.5, 0.6) is 0 Å². The summed E-state index contributed by atoms with van der Waals surface area (Å²) in [6.45, 7) is 1.84. The SMILES string of the molecule is Cn1cc(CN(C(=O)[C@@H]2C[C@@H]2c2ccccc2)[C@H]2CCNC2)c(=O)n(C)c1=O. The number of nitrogens with one attached hydrogen (secondary N) is 1. The fourth-order valence-corrected chi connectivity index (χ4v) is 4.22. The van der Waals surface area contributed by atoms with Crippen molar-refractivity contribution >= 4 is 5.91 Å². The van der Waals surface area contributed by atoms with Crippen LogP contribution in [0.3, 0.4) is 0 Å². The van der Waals surface area contributed by atoms with E-state index in [-0.39, 0.29) is 41.6 Å². The molecule has 3 atom stereocenters. The van der Waals surface area contributed by atoms with Crippen molar-refractivity contribution in [1.29, 1.82) is 0 Å². The maximum absolute atomic E-state index is 13.3. The Morgan fingerprint density at radius 2 is 1.96 bits per heavy atom. The van der Waals surface area contributed by atoms with Gasteiger partial charge in [0.2, 0.25) is 5.91 Å². The smallest absolute Gasteiger partial charge is 0.330 e. The molecule has 1 amide bonds. The van der Waals surface area contributed by atoms with Gasteiger partial charge in [0.25, 0.3) is 5.56 Å². The molecule has 2 heterocycles. The van der Waals surface area contributed by atoms with Gasteiger partial charge in [-0.2, -0.15) is 0 Å². The van der Waals surface area contributed by atoms with Crippen molar-refractivity contribution in [2.75, 3.05) is 13.1 Å². The van der Waals surface area contributed by atoms with E-state index in [1.807, 2.05) is 23.1 Å². The summed E-state index contributed by atoms with van der Waals surface area (Å²) in [5.41, 5.74) is 0.980. The molecule has 1 N–H and O–H groups in total. The van der Waals surface area contributed by atoms with E-state index >= 15 is 0 Å². The Bertz CT molecular complexity index is 989. The van der Waals surface area contributed by atoms with Crippen LogP contribution < -0.4 is 16.6 Å². The molecular weight excluding hydrogens is 356 g/mol. The molecule has 1 saturated carbocycles. The van der Waals surface area contributed by atoms with Crippen LogP contribution in [-0.4, -0.2) is 39.1 Å². The average Bonchev–Trinajstić information content (AvgIpc) is 3.34. The third-order valence-electron chi connectivity index (χ3n) is 5.95. The van der Waals surface area contributed by atoms with Gasteiger partial charge in [0.1, 0.15) is 0 Å². The first-order chi connectivity index (χ1) is 13.5. The molecule has 1 aliphatic heterocycles. The normalized spacial score (nSPS) is 23.6. The molecule has 2 aliphatic rings. The van der Waals surface area contributed by atoms with Crippen molar-refractivity contribution < 1.29 is 4.79 Å². The lowest BCUT2D eigenvalue weighted by Crippen LogP contribution is -2.45. The molecule has 7 heteroatoms. The molecule has 1 aromatic carbocycles. The Morgan fingerprint density at radius 3 is 2.64 bits per heavy atom. The van der Waals surface area contributed by atoms with Gasteiger partial charge < -0.3 is 14.8 Å². The molecule has 0 radical (unpaired) electrons. The summed E-state index contributed by atoms with van der Waals surface area (Å²) < 4.78 is 2.50. The van der Waals surface area contributed by atoms with Gasteiger partial charge in [-0.3, -0.25) is 14.2 Å². The number of aromatic nitrogens is 2. The van der Waals surface area contributed by atoms with E-state index in [9.17, 15) is 14.4 Å². The number of hydrogen-bond acceptors (Lipinski definition) is 4. The number of carbonyl (C=O) groups is 1. The van der Waals surface area contributed by atoms with Gasteiger partial charge in [0.05, 0.1) is 12.1 Å². The lowest BCUT2D eigenvalue weighted by Gasteiger charge is -2.29.